The van der Waals surface area contributed by atoms with Gasteiger partial charge in [-0.25, -0.2) is 9.18 Å². The summed E-state index contributed by atoms with van der Waals surface area (Å²) in [4.78, 5) is 25.7. The Kier molecular flexibility index (Phi) is 4.39. The monoisotopic (exact) mass is 349 g/mol. The van der Waals surface area contributed by atoms with E-state index in [1.54, 1.807) is 0 Å². The fourth-order valence-corrected chi connectivity index (χ4v) is 2.47. The highest BCUT2D eigenvalue weighted by molar-refractivity contribution is 9.09. The number of hydrogen-bond donors (Lipinski definition) is 1. The van der Waals surface area contributed by atoms with E-state index in [0.29, 0.717) is 6.42 Å². The summed E-state index contributed by atoms with van der Waals surface area (Å²) in [6.07, 6.45) is 0.270. The third kappa shape index (κ3) is 3.15. The average molecular weight is 350 g/mol. The van der Waals surface area contributed by atoms with Gasteiger partial charge in [0.15, 0.2) is 11.6 Å². The van der Waals surface area contributed by atoms with E-state index in [9.17, 15) is 14.0 Å². The number of nitrogen functional groups attached to an aromatic ring is 1. The third-order valence-electron chi connectivity index (χ3n) is 2.86. The first-order valence-electron chi connectivity index (χ1n) is 5.85. The summed E-state index contributed by atoms with van der Waals surface area (Å²) in [6, 6.07) is 0. The lowest BCUT2D eigenvalue weighted by molar-refractivity contribution is -0.145. The molecule has 0 bridgehead atoms. The Hall–Kier alpha value is -1.48. The molecule has 20 heavy (non-hydrogen) atoms. The molecule has 1 aliphatic rings. The summed E-state index contributed by atoms with van der Waals surface area (Å²) >= 11 is 3.38. The zero-order valence-electron chi connectivity index (χ0n) is 10.6. The Bertz CT molecular complexity index is 579. The summed E-state index contributed by atoms with van der Waals surface area (Å²) in [7, 11) is 0. The van der Waals surface area contributed by atoms with Crippen LogP contribution in [0.1, 0.15) is 19.6 Å². The van der Waals surface area contributed by atoms with E-state index in [1.807, 2.05) is 0 Å². The highest BCUT2D eigenvalue weighted by Crippen LogP contribution is 2.32. The normalized spacial score (nSPS) is 25.6. The van der Waals surface area contributed by atoms with Gasteiger partial charge >= 0.3 is 11.7 Å². The smallest absolute Gasteiger partial charge is 0.351 e. The maximum absolute atomic E-state index is 13.4. The standard InChI is InChI=1S/C11H13BrFN3O4/c1-5(17)19-4-8-6(12)2-9(20-8)16-3-7(13)10(14)15-11(16)18/h3,6,8-9H,2,4H2,1H3,(H2,14,15,18). The Morgan fingerprint density at radius 1 is 1.75 bits per heavy atom. The molecule has 3 atom stereocenters. The van der Waals surface area contributed by atoms with Crippen molar-refractivity contribution in [2.24, 2.45) is 0 Å². The van der Waals surface area contributed by atoms with E-state index in [-0.39, 0.29) is 11.4 Å². The van der Waals surface area contributed by atoms with Crippen LogP contribution < -0.4 is 11.4 Å². The molecule has 0 aromatic carbocycles. The number of aromatic nitrogens is 2. The molecule has 2 rings (SSSR count). The van der Waals surface area contributed by atoms with Crippen molar-refractivity contribution in [1.82, 2.24) is 9.55 Å². The van der Waals surface area contributed by atoms with Crippen LogP contribution in [0.15, 0.2) is 11.0 Å². The van der Waals surface area contributed by atoms with Gasteiger partial charge in [0.1, 0.15) is 18.9 Å². The SMILES string of the molecule is CC(=O)OCC1OC(n2cc(F)c(N)nc2=O)CC1Br. The van der Waals surface area contributed by atoms with Gasteiger partial charge in [-0.3, -0.25) is 9.36 Å². The van der Waals surface area contributed by atoms with E-state index in [1.165, 1.54) is 6.92 Å². The Morgan fingerprint density at radius 2 is 2.45 bits per heavy atom. The van der Waals surface area contributed by atoms with Crippen LogP contribution in [-0.2, 0) is 14.3 Å². The van der Waals surface area contributed by atoms with Crippen molar-refractivity contribution in [3.63, 3.8) is 0 Å². The number of ether oxygens (including phenoxy) is 2. The molecule has 0 amide bonds. The molecule has 1 aromatic heterocycles. The van der Waals surface area contributed by atoms with Crippen molar-refractivity contribution in [3.05, 3.63) is 22.5 Å². The highest BCUT2D eigenvalue weighted by Gasteiger charge is 2.36. The van der Waals surface area contributed by atoms with Gasteiger partial charge in [0.2, 0.25) is 0 Å². The molecule has 0 saturated carbocycles. The van der Waals surface area contributed by atoms with E-state index in [4.69, 9.17) is 15.2 Å². The molecule has 1 aliphatic heterocycles. The summed E-state index contributed by atoms with van der Waals surface area (Å²) in [5.41, 5.74) is 4.52. The second-order valence-electron chi connectivity index (χ2n) is 4.35. The zero-order valence-corrected chi connectivity index (χ0v) is 12.2. The van der Waals surface area contributed by atoms with Crippen LogP contribution in [0.5, 0.6) is 0 Å². The Balaban J connectivity index is 2.14. The van der Waals surface area contributed by atoms with Crippen molar-refractivity contribution in [1.29, 1.82) is 0 Å². The quantitative estimate of drug-likeness (QED) is 0.633. The minimum atomic E-state index is -0.789. The number of esters is 1. The summed E-state index contributed by atoms with van der Waals surface area (Å²) < 4.78 is 24.9. The molecule has 1 fully saturated rings. The number of halogens is 2. The lowest BCUT2D eigenvalue weighted by Crippen LogP contribution is -2.29. The van der Waals surface area contributed by atoms with E-state index < -0.39 is 35.6 Å². The van der Waals surface area contributed by atoms with Gasteiger partial charge in [-0.2, -0.15) is 4.98 Å². The molecule has 3 unspecified atom stereocenters. The van der Waals surface area contributed by atoms with Crippen molar-refractivity contribution < 1.29 is 18.7 Å². The van der Waals surface area contributed by atoms with Gasteiger partial charge in [-0.15, -0.1) is 0 Å². The predicted molar refractivity (Wildman–Crippen MR) is 70.7 cm³/mol. The van der Waals surface area contributed by atoms with Gasteiger partial charge in [0.25, 0.3) is 0 Å². The fraction of sp³-hybridized carbons (Fsp3) is 0.545. The molecular weight excluding hydrogens is 337 g/mol. The maximum atomic E-state index is 13.4. The number of carbonyl (C=O) groups excluding carboxylic acids is 1. The minimum absolute atomic E-state index is 0.0569. The van der Waals surface area contributed by atoms with Crippen LogP contribution in [0.2, 0.25) is 0 Å². The molecule has 2 heterocycles. The molecular formula is C11H13BrFN3O4. The van der Waals surface area contributed by atoms with E-state index in [0.717, 1.165) is 10.8 Å². The molecule has 0 radical (unpaired) electrons. The summed E-state index contributed by atoms with van der Waals surface area (Å²) in [6.45, 7) is 1.35. The predicted octanol–water partition coefficient (Wildman–Crippen LogP) is 0.579. The number of alkyl halides is 1. The van der Waals surface area contributed by atoms with E-state index in [2.05, 4.69) is 20.9 Å². The second kappa shape index (κ2) is 5.88. The fourth-order valence-electron chi connectivity index (χ4n) is 1.87. The maximum Gasteiger partial charge on any atom is 0.351 e. The average Bonchev–Trinajstić information content (AvgIpc) is 2.72. The van der Waals surface area contributed by atoms with Crippen LogP contribution in [-0.4, -0.2) is 33.1 Å². The first kappa shape index (κ1) is 14.9. The zero-order chi connectivity index (χ0) is 14.9. The molecule has 0 aliphatic carbocycles. The van der Waals surface area contributed by atoms with Crippen molar-refractivity contribution >= 4 is 27.7 Å². The molecule has 110 valence electrons. The summed E-state index contributed by atoms with van der Waals surface area (Å²) in [5.74, 6) is -1.66. The molecule has 9 heteroatoms. The third-order valence-corrected chi connectivity index (χ3v) is 3.82. The van der Waals surface area contributed by atoms with E-state index >= 15 is 0 Å². The molecule has 1 saturated heterocycles. The van der Waals surface area contributed by atoms with Crippen LogP contribution in [0.25, 0.3) is 0 Å². The van der Waals surface area contributed by atoms with Gasteiger partial charge in [-0.1, -0.05) is 15.9 Å². The largest absolute Gasteiger partial charge is 0.463 e. The van der Waals surface area contributed by atoms with Gasteiger partial charge in [-0.05, 0) is 0 Å². The lowest BCUT2D eigenvalue weighted by atomic mass is 10.2. The van der Waals surface area contributed by atoms with Crippen LogP contribution in [0.3, 0.4) is 0 Å². The molecule has 2 N–H and O–H groups in total. The van der Waals surface area contributed by atoms with Gasteiger partial charge in [0, 0.05) is 18.2 Å². The van der Waals surface area contributed by atoms with Crippen LogP contribution in [0.4, 0.5) is 10.2 Å². The highest BCUT2D eigenvalue weighted by atomic mass is 79.9. The second-order valence-corrected chi connectivity index (χ2v) is 5.52. The van der Waals surface area contributed by atoms with Crippen LogP contribution in [0, 0.1) is 5.82 Å². The number of rotatable bonds is 3. The molecule has 1 aromatic rings. The van der Waals surface area contributed by atoms with Gasteiger partial charge in [0.05, 0.1) is 6.20 Å². The Morgan fingerprint density at radius 3 is 3.10 bits per heavy atom. The van der Waals surface area contributed by atoms with Gasteiger partial charge < -0.3 is 15.2 Å². The topological polar surface area (TPSA) is 96.4 Å². The first-order valence-corrected chi connectivity index (χ1v) is 6.77. The Labute approximate surface area is 122 Å². The molecule has 0 spiro atoms. The lowest BCUT2D eigenvalue weighted by Gasteiger charge is -2.16. The van der Waals surface area contributed by atoms with Crippen molar-refractivity contribution in [2.75, 3.05) is 12.3 Å². The number of nitrogens with two attached hydrogens (primary N) is 1. The van der Waals surface area contributed by atoms with Crippen LogP contribution >= 0.6 is 15.9 Å². The van der Waals surface area contributed by atoms with Crippen molar-refractivity contribution in [3.8, 4) is 0 Å². The van der Waals surface area contributed by atoms with Crippen molar-refractivity contribution in [2.45, 2.75) is 30.5 Å². The minimum Gasteiger partial charge on any atom is -0.463 e. The number of nitrogens with zero attached hydrogens (tertiary/aromatic N) is 2. The molecule has 7 nitrogen and oxygen atoms in total. The number of carbonyl (C=O) groups is 1. The number of hydrogen-bond acceptors (Lipinski definition) is 6. The first-order chi connectivity index (χ1) is 9.38. The summed E-state index contributed by atoms with van der Waals surface area (Å²) in [5, 5.41) is 0. The number of anilines is 1.